The lowest BCUT2D eigenvalue weighted by molar-refractivity contribution is -0.158. The van der Waals surface area contributed by atoms with E-state index < -0.39 is 18.6 Å². The number of alkyl halides is 2. The second-order valence-corrected chi connectivity index (χ2v) is 2.80. The third kappa shape index (κ3) is 2.22. The van der Waals surface area contributed by atoms with Crippen LogP contribution < -0.4 is 0 Å². The number of halogens is 2. The second kappa shape index (κ2) is 2.85. The molecule has 0 bridgehead atoms. The average molecular weight is 164 g/mol. The first kappa shape index (κ1) is 8.59. The van der Waals surface area contributed by atoms with Gasteiger partial charge in [-0.05, 0) is 13.3 Å². The molecule has 4 heteroatoms. The number of ketones is 1. The van der Waals surface area contributed by atoms with Gasteiger partial charge in [0.25, 0.3) is 5.92 Å². The monoisotopic (exact) mass is 164 g/mol. The van der Waals surface area contributed by atoms with Crippen LogP contribution in [0.4, 0.5) is 8.78 Å². The van der Waals surface area contributed by atoms with Gasteiger partial charge in [-0.2, -0.15) is 0 Å². The number of hydrogen-bond acceptors (Lipinski definition) is 2. The Morgan fingerprint density at radius 3 is 2.64 bits per heavy atom. The van der Waals surface area contributed by atoms with Gasteiger partial charge < -0.3 is 4.74 Å². The van der Waals surface area contributed by atoms with Crippen LogP contribution in [0.15, 0.2) is 0 Å². The molecule has 0 aromatic heterocycles. The van der Waals surface area contributed by atoms with Gasteiger partial charge in [0, 0.05) is 6.42 Å². The quantitative estimate of drug-likeness (QED) is 0.585. The van der Waals surface area contributed by atoms with Crippen molar-refractivity contribution in [3.63, 3.8) is 0 Å². The first-order valence-corrected chi connectivity index (χ1v) is 3.51. The molecule has 64 valence electrons. The van der Waals surface area contributed by atoms with Crippen LogP contribution in [0.5, 0.6) is 0 Å². The summed E-state index contributed by atoms with van der Waals surface area (Å²) in [7, 11) is 0. The molecule has 1 rings (SSSR count). The predicted octanol–water partition coefficient (Wildman–Crippen LogP) is 1.39. The van der Waals surface area contributed by atoms with E-state index in [1.54, 1.807) is 0 Å². The molecule has 1 atom stereocenters. The van der Waals surface area contributed by atoms with Gasteiger partial charge in [-0.15, -0.1) is 0 Å². The van der Waals surface area contributed by atoms with Gasteiger partial charge in [0.2, 0.25) is 0 Å². The van der Waals surface area contributed by atoms with E-state index in [0.717, 1.165) is 0 Å². The number of carbonyl (C=O) groups excluding carboxylic acids is 1. The van der Waals surface area contributed by atoms with E-state index in [9.17, 15) is 13.6 Å². The van der Waals surface area contributed by atoms with Crippen molar-refractivity contribution in [2.24, 2.45) is 0 Å². The third-order valence-electron chi connectivity index (χ3n) is 1.72. The van der Waals surface area contributed by atoms with E-state index in [-0.39, 0.29) is 18.6 Å². The highest BCUT2D eigenvalue weighted by atomic mass is 19.3. The van der Waals surface area contributed by atoms with Crippen molar-refractivity contribution in [2.75, 3.05) is 6.61 Å². The Kier molecular flexibility index (Phi) is 2.23. The summed E-state index contributed by atoms with van der Waals surface area (Å²) in [6.45, 7) is 0.741. The number of Topliss-reactive ketones (excluding diaryl/α,β-unsaturated/α-hetero) is 1. The zero-order valence-electron chi connectivity index (χ0n) is 6.27. The van der Waals surface area contributed by atoms with Gasteiger partial charge in [-0.25, -0.2) is 8.78 Å². The number of rotatable bonds is 1. The highest BCUT2D eigenvalue weighted by Crippen LogP contribution is 2.27. The Bertz CT molecular complexity index is 158. The summed E-state index contributed by atoms with van der Waals surface area (Å²) in [6.07, 6.45) is -0.700. The zero-order chi connectivity index (χ0) is 8.48. The van der Waals surface area contributed by atoms with Crippen LogP contribution in [0.25, 0.3) is 0 Å². The fourth-order valence-corrected chi connectivity index (χ4v) is 1.04. The zero-order valence-corrected chi connectivity index (χ0v) is 6.27. The molecule has 2 nitrogen and oxygen atoms in total. The SMILES string of the molecule is CC(=O)[C@@H]1CCC(F)(F)CO1. The first-order valence-electron chi connectivity index (χ1n) is 3.51. The highest BCUT2D eigenvalue weighted by Gasteiger charge is 2.37. The van der Waals surface area contributed by atoms with Crippen molar-refractivity contribution in [3.8, 4) is 0 Å². The molecule has 0 aromatic rings. The lowest BCUT2D eigenvalue weighted by atomic mass is 10.0. The molecule has 11 heavy (non-hydrogen) atoms. The van der Waals surface area contributed by atoms with Crippen molar-refractivity contribution in [1.29, 1.82) is 0 Å². The van der Waals surface area contributed by atoms with E-state index in [2.05, 4.69) is 4.74 Å². The Hall–Kier alpha value is -0.510. The van der Waals surface area contributed by atoms with Gasteiger partial charge in [0.15, 0.2) is 5.78 Å². The van der Waals surface area contributed by atoms with E-state index in [0.29, 0.717) is 0 Å². The Morgan fingerprint density at radius 1 is 1.64 bits per heavy atom. The minimum Gasteiger partial charge on any atom is -0.364 e. The Morgan fingerprint density at radius 2 is 2.27 bits per heavy atom. The first-order chi connectivity index (χ1) is 5.01. The number of ether oxygens (including phenoxy) is 1. The van der Waals surface area contributed by atoms with Crippen LogP contribution in [0, 0.1) is 0 Å². The molecular weight excluding hydrogens is 154 g/mol. The largest absolute Gasteiger partial charge is 0.364 e. The number of carbonyl (C=O) groups is 1. The van der Waals surface area contributed by atoms with Crippen molar-refractivity contribution < 1.29 is 18.3 Å². The summed E-state index contributed by atoms with van der Waals surface area (Å²) < 4.78 is 29.5. The van der Waals surface area contributed by atoms with E-state index in [4.69, 9.17) is 0 Å². The number of hydrogen-bond donors (Lipinski definition) is 0. The minimum atomic E-state index is -2.73. The summed E-state index contributed by atoms with van der Waals surface area (Å²) in [5, 5.41) is 0. The highest BCUT2D eigenvalue weighted by molar-refractivity contribution is 5.80. The maximum Gasteiger partial charge on any atom is 0.271 e. The minimum absolute atomic E-state index is 0.141. The molecule has 1 aliphatic heterocycles. The van der Waals surface area contributed by atoms with Crippen LogP contribution >= 0.6 is 0 Å². The summed E-state index contributed by atoms with van der Waals surface area (Å²) in [5.74, 6) is -2.90. The smallest absolute Gasteiger partial charge is 0.271 e. The fourth-order valence-electron chi connectivity index (χ4n) is 1.04. The molecule has 0 aromatic carbocycles. The van der Waals surface area contributed by atoms with Gasteiger partial charge in [0.1, 0.15) is 12.7 Å². The van der Waals surface area contributed by atoms with Crippen molar-refractivity contribution in [2.45, 2.75) is 31.8 Å². The molecule has 0 saturated carbocycles. The summed E-state index contributed by atoms with van der Waals surface area (Å²) in [4.78, 5) is 10.6. The Labute approximate surface area is 63.5 Å². The van der Waals surface area contributed by atoms with Gasteiger partial charge in [-0.1, -0.05) is 0 Å². The molecule has 1 aliphatic rings. The third-order valence-corrected chi connectivity index (χ3v) is 1.72. The van der Waals surface area contributed by atoms with E-state index in [1.807, 2.05) is 0 Å². The fraction of sp³-hybridized carbons (Fsp3) is 0.857. The molecule has 0 spiro atoms. The molecule has 0 unspecified atom stereocenters. The van der Waals surface area contributed by atoms with Gasteiger partial charge in [-0.3, -0.25) is 4.79 Å². The maximum atomic E-state index is 12.4. The van der Waals surface area contributed by atoms with Crippen LogP contribution in [0.1, 0.15) is 19.8 Å². The topological polar surface area (TPSA) is 26.3 Å². The van der Waals surface area contributed by atoms with Crippen molar-refractivity contribution >= 4 is 5.78 Å². The predicted molar refractivity (Wildman–Crippen MR) is 34.6 cm³/mol. The van der Waals surface area contributed by atoms with Gasteiger partial charge >= 0.3 is 0 Å². The lowest BCUT2D eigenvalue weighted by Gasteiger charge is -2.26. The van der Waals surface area contributed by atoms with Crippen molar-refractivity contribution in [3.05, 3.63) is 0 Å². The molecule has 0 amide bonds. The normalized spacial score (nSPS) is 29.9. The molecule has 0 N–H and O–H groups in total. The lowest BCUT2D eigenvalue weighted by Crippen LogP contribution is -2.37. The van der Waals surface area contributed by atoms with E-state index in [1.165, 1.54) is 6.92 Å². The Balaban J connectivity index is 2.42. The summed E-state index contributed by atoms with van der Waals surface area (Å²) in [6, 6.07) is 0. The molecule has 1 heterocycles. The van der Waals surface area contributed by atoms with Gasteiger partial charge in [0.05, 0.1) is 0 Å². The standard InChI is InChI=1S/C7H10F2O2/c1-5(10)6-2-3-7(8,9)4-11-6/h6H,2-4H2,1H3/t6-/m0/s1. The maximum absolute atomic E-state index is 12.4. The summed E-state index contributed by atoms with van der Waals surface area (Å²) in [5.41, 5.74) is 0. The average Bonchev–Trinajstić information content (AvgIpc) is 1.86. The van der Waals surface area contributed by atoms with Crippen molar-refractivity contribution in [1.82, 2.24) is 0 Å². The van der Waals surface area contributed by atoms with Crippen LogP contribution in [-0.4, -0.2) is 24.4 Å². The van der Waals surface area contributed by atoms with Crippen LogP contribution in [0.2, 0.25) is 0 Å². The molecular formula is C7H10F2O2. The molecule has 1 fully saturated rings. The molecule has 0 radical (unpaired) electrons. The van der Waals surface area contributed by atoms with Crippen LogP contribution in [-0.2, 0) is 9.53 Å². The summed E-state index contributed by atoms with van der Waals surface area (Å²) >= 11 is 0. The van der Waals surface area contributed by atoms with E-state index >= 15 is 0 Å². The molecule has 0 aliphatic carbocycles. The second-order valence-electron chi connectivity index (χ2n) is 2.80. The molecule has 1 saturated heterocycles. The van der Waals surface area contributed by atoms with Crippen LogP contribution in [0.3, 0.4) is 0 Å².